The van der Waals surface area contributed by atoms with E-state index in [4.69, 9.17) is 4.42 Å². The van der Waals surface area contributed by atoms with E-state index in [2.05, 4.69) is 5.32 Å². The van der Waals surface area contributed by atoms with Crippen molar-refractivity contribution in [1.29, 1.82) is 0 Å². The summed E-state index contributed by atoms with van der Waals surface area (Å²) >= 11 is 0. The monoisotopic (exact) mass is 402 g/mol. The van der Waals surface area contributed by atoms with Crippen LogP contribution in [0.3, 0.4) is 0 Å². The van der Waals surface area contributed by atoms with Crippen LogP contribution in [0.15, 0.2) is 70.8 Å². The summed E-state index contributed by atoms with van der Waals surface area (Å²) in [6.45, 7) is 2.03. The Kier molecular flexibility index (Phi) is 4.93. The summed E-state index contributed by atoms with van der Waals surface area (Å²) < 4.78 is 5.79. The molecule has 1 fully saturated rings. The molecule has 2 aromatic carbocycles. The Morgan fingerprint density at radius 1 is 1.10 bits per heavy atom. The summed E-state index contributed by atoms with van der Waals surface area (Å²) in [7, 11) is 0. The Morgan fingerprint density at radius 2 is 1.87 bits per heavy atom. The van der Waals surface area contributed by atoms with Gasteiger partial charge < -0.3 is 14.8 Å². The fraction of sp³-hybridized carbons (Fsp3) is 0.0870. The molecule has 0 spiro atoms. The summed E-state index contributed by atoms with van der Waals surface area (Å²) in [5.74, 6) is -0.621. The first-order valence-electron chi connectivity index (χ1n) is 9.25. The molecule has 0 unspecified atom stereocenters. The number of hydrogen-bond donors (Lipinski definition) is 2. The van der Waals surface area contributed by atoms with Crippen molar-refractivity contribution in [2.45, 2.75) is 13.5 Å². The zero-order valence-corrected chi connectivity index (χ0v) is 16.1. The highest BCUT2D eigenvalue weighted by molar-refractivity contribution is 6.13. The molecule has 3 amide bonds. The van der Waals surface area contributed by atoms with Crippen molar-refractivity contribution >= 4 is 24.0 Å². The fourth-order valence-corrected chi connectivity index (χ4v) is 3.22. The van der Waals surface area contributed by atoms with Gasteiger partial charge in [0.25, 0.3) is 5.91 Å². The van der Waals surface area contributed by atoms with Crippen LogP contribution in [0.2, 0.25) is 0 Å². The van der Waals surface area contributed by atoms with Gasteiger partial charge in [-0.05, 0) is 42.3 Å². The molecule has 0 aliphatic carbocycles. The van der Waals surface area contributed by atoms with Gasteiger partial charge in [-0.2, -0.15) is 0 Å². The minimum Gasteiger partial charge on any atom is -0.478 e. The molecule has 3 aromatic rings. The van der Waals surface area contributed by atoms with Crippen molar-refractivity contribution in [3.63, 3.8) is 0 Å². The zero-order valence-electron chi connectivity index (χ0n) is 16.1. The number of nitrogens with zero attached hydrogens (tertiary/aromatic N) is 1. The van der Waals surface area contributed by atoms with Crippen LogP contribution in [-0.2, 0) is 11.3 Å². The quantitative estimate of drug-likeness (QED) is 0.495. The summed E-state index contributed by atoms with van der Waals surface area (Å²) in [4.78, 5) is 37.2. The molecule has 0 saturated carbocycles. The molecule has 4 rings (SSSR count). The molecule has 150 valence electrons. The highest BCUT2D eigenvalue weighted by Gasteiger charge is 2.33. The number of carbonyl (C=O) groups is 3. The normalized spacial score (nSPS) is 15.0. The van der Waals surface area contributed by atoms with Crippen LogP contribution in [0.1, 0.15) is 27.2 Å². The number of carbonyl (C=O) groups excluding carboxylic acids is 2. The van der Waals surface area contributed by atoms with E-state index in [-0.39, 0.29) is 17.8 Å². The van der Waals surface area contributed by atoms with Crippen LogP contribution in [0, 0.1) is 6.92 Å². The minimum absolute atomic E-state index is 0.118. The maximum absolute atomic E-state index is 12.6. The van der Waals surface area contributed by atoms with Crippen LogP contribution >= 0.6 is 0 Å². The van der Waals surface area contributed by atoms with Gasteiger partial charge in [0.15, 0.2) is 0 Å². The average Bonchev–Trinajstić information content (AvgIpc) is 3.29. The van der Waals surface area contributed by atoms with Gasteiger partial charge in [-0.15, -0.1) is 0 Å². The molecule has 1 aromatic heterocycles. The number of aromatic carboxylic acids is 1. The predicted octanol–water partition coefficient (Wildman–Crippen LogP) is 4.05. The number of urea groups is 1. The highest BCUT2D eigenvalue weighted by atomic mass is 16.4. The van der Waals surface area contributed by atoms with Crippen LogP contribution in [0.25, 0.3) is 17.4 Å². The van der Waals surface area contributed by atoms with E-state index >= 15 is 0 Å². The largest absolute Gasteiger partial charge is 0.478 e. The van der Waals surface area contributed by atoms with Crippen LogP contribution in [0.5, 0.6) is 0 Å². The predicted molar refractivity (Wildman–Crippen MR) is 109 cm³/mol. The molecule has 7 heteroatoms. The third kappa shape index (κ3) is 3.73. The Balaban J connectivity index is 1.57. The number of carboxylic acids is 1. The Labute approximate surface area is 172 Å². The molecule has 1 saturated heterocycles. The van der Waals surface area contributed by atoms with Gasteiger partial charge in [0.2, 0.25) is 0 Å². The maximum Gasteiger partial charge on any atom is 0.335 e. The van der Waals surface area contributed by atoms with E-state index in [1.54, 1.807) is 18.2 Å². The zero-order chi connectivity index (χ0) is 21.3. The van der Waals surface area contributed by atoms with Crippen LogP contribution in [0.4, 0.5) is 4.79 Å². The average molecular weight is 402 g/mol. The number of carboxylic acid groups (broad SMARTS) is 1. The van der Waals surface area contributed by atoms with Crippen molar-refractivity contribution < 1.29 is 23.9 Å². The Morgan fingerprint density at radius 3 is 2.60 bits per heavy atom. The third-order valence-electron chi connectivity index (χ3n) is 4.81. The van der Waals surface area contributed by atoms with Crippen molar-refractivity contribution in [2.24, 2.45) is 0 Å². The molecule has 0 bridgehead atoms. The maximum atomic E-state index is 12.6. The van der Waals surface area contributed by atoms with Gasteiger partial charge in [0.1, 0.15) is 17.2 Å². The molecule has 0 atom stereocenters. The lowest BCUT2D eigenvalue weighted by Crippen LogP contribution is -2.30. The van der Waals surface area contributed by atoms with Crippen molar-refractivity contribution in [3.8, 4) is 11.3 Å². The van der Waals surface area contributed by atoms with Gasteiger partial charge in [-0.1, -0.05) is 36.4 Å². The van der Waals surface area contributed by atoms with Gasteiger partial charge in [0.05, 0.1) is 12.1 Å². The van der Waals surface area contributed by atoms with E-state index in [1.165, 1.54) is 18.2 Å². The summed E-state index contributed by atoms with van der Waals surface area (Å²) in [6.07, 6.45) is 1.46. The molecule has 30 heavy (non-hydrogen) atoms. The second kappa shape index (κ2) is 7.71. The number of amides is 3. The third-order valence-corrected chi connectivity index (χ3v) is 4.81. The highest BCUT2D eigenvalue weighted by Crippen LogP contribution is 2.28. The molecule has 0 radical (unpaired) electrons. The van der Waals surface area contributed by atoms with Crippen molar-refractivity contribution in [1.82, 2.24) is 10.2 Å². The molecule has 2 heterocycles. The first kappa shape index (κ1) is 19.2. The van der Waals surface area contributed by atoms with Gasteiger partial charge >= 0.3 is 12.0 Å². The van der Waals surface area contributed by atoms with Crippen molar-refractivity contribution in [3.05, 3.63) is 88.8 Å². The lowest BCUT2D eigenvalue weighted by Gasteiger charge is -2.11. The van der Waals surface area contributed by atoms with E-state index < -0.39 is 17.9 Å². The van der Waals surface area contributed by atoms with Gasteiger partial charge in [0, 0.05) is 11.6 Å². The van der Waals surface area contributed by atoms with E-state index in [0.717, 1.165) is 16.0 Å². The number of benzene rings is 2. The standard InChI is InChI=1S/C23H18N2O5/c1-14-7-8-16(22(27)28)11-18(14)20-10-9-17(30-20)12-19-21(26)25(23(29)24-19)13-15-5-3-2-4-6-15/h2-12H,13H2,1H3,(H,24,29)(H,27,28)/b19-12+. The van der Waals surface area contributed by atoms with Crippen molar-refractivity contribution in [2.75, 3.05) is 0 Å². The SMILES string of the molecule is Cc1ccc(C(=O)O)cc1-c1ccc(/C=C2/NC(=O)N(Cc3ccccc3)C2=O)o1. The summed E-state index contributed by atoms with van der Waals surface area (Å²) in [5.41, 5.74) is 2.62. The van der Waals surface area contributed by atoms with Crippen LogP contribution in [-0.4, -0.2) is 27.9 Å². The number of imide groups is 1. The molecular weight excluding hydrogens is 384 g/mol. The number of hydrogen-bond acceptors (Lipinski definition) is 4. The molecular formula is C23H18N2O5. The van der Waals surface area contributed by atoms with E-state index in [0.29, 0.717) is 17.1 Å². The minimum atomic E-state index is -1.03. The first-order valence-corrected chi connectivity index (χ1v) is 9.25. The number of nitrogens with one attached hydrogen (secondary N) is 1. The second-order valence-electron chi connectivity index (χ2n) is 6.90. The Bertz CT molecular complexity index is 1180. The molecule has 1 aliphatic rings. The fourth-order valence-electron chi connectivity index (χ4n) is 3.22. The molecule has 7 nitrogen and oxygen atoms in total. The molecule has 2 N–H and O–H groups in total. The lowest BCUT2D eigenvalue weighted by atomic mass is 10.0. The topological polar surface area (TPSA) is 99.9 Å². The number of furan rings is 1. The summed E-state index contributed by atoms with van der Waals surface area (Å²) in [5, 5.41) is 11.8. The lowest BCUT2D eigenvalue weighted by molar-refractivity contribution is -0.123. The Hall–Kier alpha value is -4.13. The smallest absolute Gasteiger partial charge is 0.335 e. The van der Waals surface area contributed by atoms with E-state index in [9.17, 15) is 19.5 Å². The second-order valence-corrected chi connectivity index (χ2v) is 6.90. The van der Waals surface area contributed by atoms with Gasteiger partial charge in [-0.3, -0.25) is 9.69 Å². The van der Waals surface area contributed by atoms with E-state index in [1.807, 2.05) is 37.3 Å². The number of aryl methyl sites for hydroxylation is 1. The first-order chi connectivity index (χ1) is 14.4. The van der Waals surface area contributed by atoms with Gasteiger partial charge in [-0.25, -0.2) is 9.59 Å². The summed E-state index contributed by atoms with van der Waals surface area (Å²) in [6, 6.07) is 16.9. The number of rotatable bonds is 5. The van der Waals surface area contributed by atoms with Crippen LogP contribution < -0.4 is 5.32 Å². The molecule has 1 aliphatic heterocycles.